The fourth-order valence-corrected chi connectivity index (χ4v) is 3.57. The Labute approximate surface area is 199 Å². The zero-order chi connectivity index (χ0) is 24.2. The average molecular weight is 464 g/mol. The molecule has 0 aliphatic heterocycles. The molecule has 0 unspecified atom stereocenters. The predicted octanol–water partition coefficient (Wildman–Crippen LogP) is 5.38. The molecule has 0 aliphatic carbocycles. The van der Waals surface area contributed by atoms with Crippen molar-refractivity contribution in [2.45, 2.75) is 32.1 Å². The molecule has 0 bridgehead atoms. The molecule has 0 spiro atoms. The van der Waals surface area contributed by atoms with E-state index in [0.29, 0.717) is 43.6 Å². The van der Waals surface area contributed by atoms with Crippen LogP contribution in [-0.2, 0) is 20.7 Å². The highest BCUT2D eigenvalue weighted by atomic mass is 19.1. The van der Waals surface area contributed by atoms with Gasteiger partial charge in [-0.2, -0.15) is 0 Å². The van der Waals surface area contributed by atoms with Gasteiger partial charge in [-0.05, 0) is 54.8 Å². The van der Waals surface area contributed by atoms with Gasteiger partial charge in [0.2, 0.25) is 5.91 Å². The van der Waals surface area contributed by atoms with E-state index < -0.39 is 0 Å². The van der Waals surface area contributed by atoms with Gasteiger partial charge in [0.25, 0.3) is 0 Å². The van der Waals surface area contributed by atoms with E-state index in [2.05, 4.69) is 10.1 Å². The molecule has 34 heavy (non-hydrogen) atoms. The second kappa shape index (κ2) is 13.1. The lowest BCUT2D eigenvalue weighted by molar-refractivity contribution is -0.140. The highest BCUT2D eigenvalue weighted by Crippen LogP contribution is 2.25. The Bertz CT molecular complexity index is 1120. The first-order valence-corrected chi connectivity index (χ1v) is 11.5. The number of esters is 1. The van der Waals surface area contributed by atoms with Crippen LogP contribution in [0.1, 0.15) is 31.2 Å². The van der Waals surface area contributed by atoms with Crippen molar-refractivity contribution in [3.63, 3.8) is 0 Å². The number of hydrogen-bond donors (Lipinski definition) is 1. The molecule has 0 fully saturated rings. The highest BCUT2D eigenvalue weighted by Gasteiger charge is 2.11. The number of ether oxygens (including phenoxy) is 2. The van der Waals surface area contributed by atoms with Gasteiger partial charge in [-0.1, -0.05) is 54.6 Å². The molecule has 178 valence electrons. The van der Waals surface area contributed by atoms with Crippen LogP contribution in [0.25, 0.3) is 10.8 Å². The van der Waals surface area contributed by atoms with Crippen LogP contribution in [0, 0.1) is 5.82 Å². The molecule has 3 rings (SSSR count). The van der Waals surface area contributed by atoms with E-state index in [1.807, 2.05) is 48.5 Å². The van der Waals surface area contributed by atoms with Crippen molar-refractivity contribution in [2.75, 3.05) is 20.3 Å². The largest absolute Gasteiger partial charge is 0.488 e. The summed E-state index contributed by atoms with van der Waals surface area (Å²) in [5.74, 6) is 0.00179. The molecule has 0 aliphatic rings. The Morgan fingerprint density at radius 2 is 1.74 bits per heavy atom. The molecule has 0 heterocycles. The molecule has 1 amide bonds. The van der Waals surface area contributed by atoms with E-state index in [-0.39, 0.29) is 24.3 Å². The number of nitrogens with one attached hydrogen (secondary N) is 1. The first kappa shape index (κ1) is 25.0. The SMILES string of the molecule is COC(=O)CCCC/C=C(\COc1cccc2ccccc12)C(=O)NCCc1ccc(F)cc1. The van der Waals surface area contributed by atoms with Crippen LogP contribution in [0.3, 0.4) is 0 Å². The predicted molar refractivity (Wildman–Crippen MR) is 131 cm³/mol. The lowest BCUT2D eigenvalue weighted by atomic mass is 10.1. The lowest BCUT2D eigenvalue weighted by Gasteiger charge is -2.13. The van der Waals surface area contributed by atoms with Gasteiger partial charge in [0.05, 0.1) is 12.7 Å². The Morgan fingerprint density at radius 3 is 2.53 bits per heavy atom. The molecule has 3 aromatic rings. The maximum Gasteiger partial charge on any atom is 0.305 e. The van der Waals surface area contributed by atoms with Gasteiger partial charge in [-0.3, -0.25) is 9.59 Å². The lowest BCUT2D eigenvalue weighted by Crippen LogP contribution is -2.29. The van der Waals surface area contributed by atoms with Gasteiger partial charge in [0.1, 0.15) is 18.2 Å². The van der Waals surface area contributed by atoms with Crippen LogP contribution in [0.4, 0.5) is 4.39 Å². The second-order valence-electron chi connectivity index (χ2n) is 7.95. The number of methoxy groups -OCH3 is 1. The number of allylic oxidation sites excluding steroid dienone is 1. The standard InChI is InChI=1S/C28H30FNO4/c1-33-27(31)13-4-2-3-9-23(28(32)30-19-18-21-14-16-24(29)17-15-21)20-34-26-12-7-10-22-8-5-6-11-25(22)26/h5-12,14-17H,2-4,13,18-20H2,1H3,(H,30,32)/b23-9+. The number of carbonyl (C=O) groups is 2. The smallest absolute Gasteiger partial charge is 0.305 e. The van der Waals surface area contributed by atoms with E-state index >= 15 is 0 Å². The third-order valence-electron chi connectivity index (χ3n) is 5.49. The molecule has 0 atom stereocenters. The van der Waals surface area contributed by atoms with Crippen molar-refractivity contribution in [1.82, 2.24) is 5.32 Å². The second-order valence-corrected chi connectivity index (χ2v) is 7.95. The molecule has 0 saturated heterocycles. The van der Waals surface area contributed by atoms with Crippen molar-refractivity contribution < 1.29 is 23.5 Å². The Hall–Kier alpha value is -3.67. The van der Waals surface area contributed by atoms with E-state index in [1.165, 1.54) is 19.2 Å². The molecular weight excluding hydrogens is 433 g/mol. The maximum atomic E-state index is 13.1. The van der Waals surface area contributed by atoms with Crippen LogP contribution < -0.4 is 10.1 Å². The van der Waals surface area contributed by atoms with Crippen LogP contribution in [0.2, 0.25) is 0 Å². The zero-order valence-corrected chi connectivity index (χ0v) is 19.4. The molecule has 3 aromatic carbocycles. The molecule has 0 aromatic heterocycles. The first-order chi connectivity index (χ1) is 16.6. The monoisotopic (exact) mass is 463 g/mol. The van der Waals surface area contributed by atoms with Gasteiger partial charge in [-0.25, -0.2) is 4.39 Å². The number of rotatable bonds is 12. The average Bonchev–Trinajstić information content (AvgIpc) is 2.86. The number of amides is 1. The van der Waals surface area contributed by atoms with E-state index in [1.54, 1.807) is 12.1 Å². The molecular formula is C28H30FNO4. The van der Waals surface area contributed by atoms with Gasteiger partial charge in [-0.15, -0.1) is 0 Å². The normalized spacial score (nSPS) is 11.3. The summed E-state index contributed by atoms with van der Waals surface area (Å²) in [5, 5.41) is 4.98. The number of fused-ring (bicyclic) bond motifs is 1. The van der Waals surface area contributed by atoms with Crippen molar-refractivity contribution in [1.29, 1.82) is 0 Å². The highest BCUT2D eigenvalue weighted by molar-refractivity contribution is 5.94. The van der Waals surface area contributed by atoms with Gasteiger partial charge >= 0.3 is 5.97 Å². The van der Waals surface area contributed by atoms with E-state index in [9.17, 15) is 14.0 Å². The number of carbonyl (C=O) groups excluding carboxylic acids is 2. The van der Waals surface area contributed by atoms with Gasteiger partial charge in [0.15, 0.2) is 0 Å². The van der Waals surface area contributed by atoms with Gasteiger partial charge < -0.3 is 14.8 Å². The minimum absolute atomic E-state index is 0.132. The molecule has 5 nitrogen and oxygen atoms in total. The van der Waals surface area contributed by atoms with Gasteiger partial charge in [0, 0.05) is 18.4 Å². The third-order valence-corrected chi connectivity index (χ3v) is 5.49. The van der Waals surface area contributed by atoms with Crippen LogP contribution >= 0.6 is 0 Å². The van der Waals surface area contributed by atoms with Crippen molar-refractivity contribution >= 4 is 22.6 Å². The summed E-state index contributed by atoms with van der Waals surface area (Å²) in [4.78, 5) is 24.2. The summed E-state index contributed by atoms with van der Waals surface area (Å²) in [6, 6.07) is 20.0. The van der Waals surface area contributed by atoms with E-state index in [4.69, 9.17) is 4.74 Å². The summed E-state index contributed by atoms with van der Waals surface area (Å²) in [7, 11) is 1.38. The quantitative estimate of drug-likeness (QED) is 0.223. The Kier molecular flexibility index (Phi) is 9.65. The van der Waals surface area contributed by atoms with Crippen molar-refractivity contribution in [2.24, 2.45) is 0 Å². The fraction of sp³-hybridized carbons (Fsp3) is 0.286. The summed E-state index contributed by atoms with van der Waals surface area (Å²) in [6.45, 7) is 0.561. The maximum absolute atomic E-state index is 13.1. The topological polar surface area (TPSA) is 64.6 Å². The third kappa shape index (κ3) is 7.73. The fourth-order valence-electron chi connectivity index (χ4n) is 3.57. The Balaban J connectivity index is 1.61. The molecule has 1 N–H and O–H groups in total. The molecule has 0 saturated carbocycles. The summed E-state index contributed by atoms with van der Waals surface area (Å²) in [5.41, 5.74) is 1.48. The Morgan fingerprint density at radius 1 is 0.971 bits per heavy atom. The number of halogens is 1. The van der Waals surface area contributed by atoms with Crippen molar-refractivity contribution in [3.05, 3.63) is 89.8 Å². The van der Waals surface area contributed by atoms with Crippen LogP contribution in [-0.4, -0.2) is 32.1 Å². The van der Waals surface area contributed by atoms with Crippen molar-refractivity contribution in [3.8, 4) is 5.75 Å². The number of hydrogen-bond acceptors (Lipinski definition) is 4. The number of benzene rings is 3. The van der Waals surface area contributed by atoms with Crippen LogP contribution in [0.15, 0.2) is 78.4 Å². The van der Waals surface area contributed by atoms with Crippen LogP contribution in [0.5, 0.6) is 5.75 Å². The summed E-state index contributed by atoms with van der Waals surface area (Å²) >= 11 is 0. The molecule has 0 radical (unpaired) electrons. The van der Waals surface area contributed by atoms with E-state index in [0.717, 1.165) is 22.8 Å². The minimum atomic E-state index is -0.282. The first-order valence-electron chi connectivity index (χ1n) is 11.5. The summed E-state index contributed by atoms with van der Waals surface area (Å²) in [6.07, 6.45) is 4.92. The zero-order valence-electron chi connectivity index (χ0n) is 19.4. The minimum Gasteiger partial charge on any atom is -0.488 e. The summed E-state index contributed by atoms with van der Waals surface area (Å²) < 4.78 is 23.8. The molecule has 6 heteroatoms. The number of unbranched alkanes of at least 4 members (excludes halogenated alkanes) is 2.